The molecule has 212 valence electrons. The topological polar surface area (TPSA) is 125 Å². The average molecular weight is 575 g/mol. The van der Waals surface area contributed by atoms with E-state index in [0.29, 0.717) is 22.4 Å². The number of benzene rings is 2. The molecule has 1 amide bonds. The molecule has 2 saturated carbocycles. The highest BCUT2D eigenvalue weighted by Gasteiger charge is 2.45. The molecule has 9 nitrogen and oxygen atoms in total. The summed E-state index contributed by atoms with van der Waals surface area (Å²) in [6, 6.07) is 10.7. The minimum atomic E-state index is -3.79. The maximum Gasteiger partial charge on any atom is 0.257 e. The first-order valence-corrected chi connectivity index (χ1v) is 16.4. The Morgan fingerprint density at radius 1 is 0.846 bits per heavy atom. The van der Waals surface area contributed by atoms with Crippen LogP contribution in [0, 0.1) is 5.41 Å². The van der Waals surface area contributed by atoms with E-state index in [1.54, 1.807) is 45.0 Å². The van der Waals surface area contributed by atoms with Crippen molar-refractivity contribution in [2.75, 3.05) is 23.3 Å². The van der Waals surface area contributed by atoms with Crippen LogP contribution < -0.4 is 19.7 Å². The fourth-order valence-electron chi connectivity index (χ4n) is 5.11. The third-order valence-electron chi connectivity index (χ3n) is 7.87. The molecule has 0 aromatic heterocycles. The lowest BCUT2D eigenvalue weighted by Crippen LogP contribution is -2.40. The van der Waals surface area contributed by atoms with E-state index in [0.717, 1.165) is 38.8 Å². The van der Waals surface area contributed by atoms with E-state index in [-0.39, 0.29) is 9.79 Å². The Hall–Kier alpha value is -2.47. The summed E-state index contributed by atoms with van der Waals surface area (Å²) in [6.45, 7) is 8.66. The van der Waals surface area contributed by atoms with Gasteiger partial charge in [-0.3, -0.25) is 4.79 Å². The Morgan fingerprint density at radius 3 is 2.08 bits per heavy atom. The predicted octanol–water partition coefficient (Wildman–Crippen LogP) is 4.23. The molecule has 5 rings (SSSR count). The molecule has 0 unspecified atom stereocenters. The predicted molar refractivity (Wildman–Crippen MR) is 152 cm³/mol. The lowest BCUT2D eigenvalue weighted by molar-refractivity contribution is 0.102. The van der Waals surface area contributed by atoms with Crippen LogP contribution in [-0.4, -0.2) is 46.9 Å². The SMILES string of the molecule is CC(C)(C)NS(=O)(=O)c1cccc(NC(=O)c2ccc(S(=O)(=O)NC3(C)CC3)cc2N2CCC3(CC2)CC3)c1. The Bertz CT molecular complexity index is 1490. The smallest absolute Gasteiger partial charge is 0.257 e. The summed E-state index contributed by atoms with van der Waals surface area (Å²) in [5, 5.41) is 2.83. The Labute approximate surface area is 231 Å². The van der Waals surface area contributed by atoms with Crippen LogP contribution in [0.15, 0.2) is 52.3 Å². The van der Waals surface area contributed by atoms with Gasteiger partial charge in [-0.25, -0.2) is 26.3 Å². The number of carbonyl (C=O) groups is 1. The van der Waals surface area contributed by atoms with Gasteiger partial charge in [0.1, 0.15) is 0 Å². The van der Waals surface area contributed by atoms with Crippen LogP contribution in [0.25, 0.3) is 0 Å². The number of sulfonamides is 2. The van der Waals surface area contributed by atoms with Crippen LogP contribution >= 0.6 is 0 Å². The number of nitrogens with one attached hydrogen (secondary N) is 3. The molecule has 1 heterocycles. The van der Waals surface area contributed by atoms with Crippen molar-refractivity contribution in [3.8, 4) is 0 Å². The first-order valence-electron chi connectivity index (χ1n) is 13.5. The maximum atomic E-state index is 13.5. The second kappa shape index (κ2) is 9.57. The van der Waals surface area contributed by atoms with Gasteiger partial charge in [0.2, 0.25) is 20.0 Å². The quantitative estimate of drug-likeness (QED) is 0.434. The molecule has 1 saturated heterocycles. The highest BCUT2D eigenvalue weighted by molar-refractivity contribution is 7.89. The van der Waals surface area contributed by atoms with Crippen LogP contribution in [0.5, 0.6) is 0 Å². The third kappa shape index (κ3) is 6.48. The van der Waals surface area contributed by atoms with E-state index in [4.69, 9.17) is 0 Å². The molecule has 39 heavy (non-hydrogen) atoms. The number of carbonyl (C=O) groups excluding carboxylic acids is 1. The zero-order valence-electron chi connectivity index (χ0n) is 23.0. The van der Waals surface area contributed by atoms with Gasteiger partial charge in [0, 0.05) is 29.9 Å². The van der Waals surface area contributed by atoms with Gasteiger partial charge in [-0.2, -0.15) is 0 Å². The average Bonchev–Trinajstić information content (AvgIpc) is 3.76. The molecular formula is C28H38N4O5S2. The van der Waals surface area contributed by atoms with Crippen molar-refractivity contribution >= 4 is 37.3 Å². The standard InChI is InChI=1S/C28H38N4O5S2/c1-26(2,3)30-38(34,35)21-7-5-6-20(18-21)29-25(33)23-9-8-22(39(36,37)31-27(4)10-11-27)19-24(23)32-16-14-28(12-13-28)15-17-32/h5-9,18-19,30-31H,10-17H2,1-4H3,(H,29,33). The summed E-state index contributed by atoms with van der Waals surface area (Å²) < 4.78 is 57.3. The second-order valence-electron chi connectivity index (χ2n) is 12.7. The van der Waals surface area contributed by atoms with E-state index in [1.807, 2.05) is 6.92 Å². The summed E-state index contributed by atoms with van der Waals surface area (Å²) in [4.78, 5) is 15.8. The molecule has 0 bridgehead atoms. The molecule has 2 aliphatic carbocycles. The van der Waals surface area contributed by atoms with Crippen molar-refractivity contribution in [3.05, 3.63) is 48.0 Å². The minimum Gasteiger partial charge on any atom is -0.371 e. The summed E-state index contributed by atoms with van der Waals surface area (Å²) in [7, 11) is -7.53. The molecule has 11 heteroatoms. The van der Waals surface area contributed by atoms with Crippen LogP contribution in [0.4, 0.5) is 11.4 Å². The van der Waals surface area contributed by atoms with E-state index in [1.165, 1.54) is 31.0 Å². The first-order chi connectivity index (χ1) is 18.1. The van der Waals surface area contributed by atoms with Gasteiger partial charge in [0.25, 0.3) is 5.91 Å². The van der Waals surface area contributed by atoms with Gasteiger partial charge in [-0.1, -0.05) is 6.07 Å². The molecular weight excluding hydrogens is 536 g/mol. The highest BCUT2D eigenvalue weighted by atomic mass is 32.2. The number of piperidine rings is 1. The normalized spacial score (nSPS) is 20.1. The monoisotopic (exact) mass is 574 g/mol. The van der Waals surface area contributed by atoms with Crippen molar-refractivity contribution in [1.82, 2.24) is 9.44 Å². The summed E-state index contributed by atoms with van der Waals surface area (Å²) in [5.74, 6) is -0.430. The summed E-state index contributed by atoms with van der Waals surface area (Å²) in [5.41, 5.74) is 0.598. The lowest BCUT2D eigenvalue weighted by Gasteiger charge is -2.35. The van der Waals surface area contributed by atoms with E-state index < -0.39 is 37.0 Å². The number of nitrogens with zero attached hydrogens (tertiary/aromatic N) is 1. The molecule has 3 aliphatic rings. The van der Waals surface area contributed by atoms with Crippen LogP contribution in [0.3, 0.4) is 0 Å². The zero-order valence-corrected chi connectivity index (χ0v) is 24.6. The van der Waals surface area contributed by atoms with E-state index in [2.05, 4.69) is 19.7 Å². The molecule has 0 atom stereocenters. The van der Waals surface area contributed by atoms with Gasteiger partial charge in [0.05, 0.1) is 21.0 Å². The lowest BCUT2D eigenvalue weighted by atomic mass is 9.93. The third-order valence-corrected chi connectivity index (χ3v) is 11.3. The molecule has 3 N–H and O–H groups in total. The Kier molecular flexibility index (Phi) is 6.89. The second-order valence-corrected chi connectivity index (χ2v) is 16.0. The zero-order chi connectivity index (χ0) is 28.3. The van der Waals surface area contributed by atoms with Crippen molar-refractivity contribution in [2.45, 2.75) is 87.1 Å². The van der Waals surface area contributed by atoms with Crippen molar-refractivity contribution < 1.29 is 21.6 Å². The number of hydrogen-bond donors (Lipinski definition) is 3. The molecule has 1 spiro atoms. The van der Waals surface area contributed by atoms with Gasteiger partial charge in [-0.15, -0.1) is 0 Å². The fraction of sp³-hybridized carbons (Fsp3) is 0.536. The maximum absolute atomic E-state index is 13.5. The molecule has 1 aliphatic heterocycles. The van der Waals surface area contributed by atoms with Crippen LogP contribution in [0.1, 0.15) is 76.6 Å². The largest absolute Gasteiger partial charge is 0.371 e. The number of rotatable bonds is 8. The molecule has 0 radical (unpaired) electrons. The van der Waals surface area contributed by atoms with Gasteiger partial charge < -0.3 is 10.2 Å². The minimum absolute atomic E-state index is 0.0438. The molecule has 3 fully saturated rings. The number of anilines is 2. The molecule has 2 aromatic rings. The summed E-state index contributed by atoms with van der Waals surface area (Å²) >= 11 is 0. The Balaban J connectivity index is 1.43. The van der Waals surface area contributed by atoms with Gasteiger partial charge in [0.15, 0.2) is 0 Å². The van der Waals surface area contributed by atoms with Crippen LogP contribution in [0.2, 0.25) is 0 Å². The fourth-order valence-corrected chi connectivity index (χ4v) is 8.05. The van der Waals surface area contributed by atoms with E-state index >= 15 is 0 Å². The van der Waals surface area contributed by atoms with Crippen molar-refractivity contribution in [3.63, 3.8) is 0 Å². The molecule has 2 aromatic carbocycles. The van der Waals surface area contributed by atoms with Crippen LogP contribution in [-0.2, 0) is 20.0 Å². The first kappa shape index (κ1) is 28.1. The van der Waals surface area contributed by atoms with Crippen molar-refractivity contribution in [1.29, 1.82) is 0 Å². The van der Waals surface area contributed by atoms with Gasteiger partial charge in [-0.05, 0) is 108 Å². The summed E-state index contributed by atoms with van der Waals surface area (Å²) in [6.07, 6.45) is 6.09. The number of amides is 1. The van der Waals surface area contributed by atoms with Gasteiger partial charge >= 0.3 is 0 Å². The highest BCUT2D eigenvalue weighted by Crippen LogP contribution is 2.54. The number of hydrogen-bond acceptors (Lipinski definition) is 6. The Morgan fingerprint density at radius 2 is 1.49 bits per heavy atom. The van der Waals surface area contributed by atoms with E-state index in [9.17, 15) is 21.6 Å². The van der Waals surface area contributed by atoms with Crippen molar-refractivity contribution in [2.24, 2.45) is 5.41 Å².